The summed E-state index contributed by atoms with van der Waals surface area (Å²) < 4.78 is 3.57. The van der Waals surface area contributed by atoms with Gasteiger partial charge < -0.3 is 4.57 Å². The summed E-state index contributed by atoms with van der Waals surface area (Å²) in [6, 6.07) is 9.42. The van der Waals surface area contributed by atoms with Crippen molar-refractivity contribution in [1.29, 1.82) is 0 Å². The van der Waals surface area contributed by atoms with Gasteiger partial charge in [-0.1, -0.05) is 41.9 Å². The number of hydrogen-bond acceptors (Lipinski definition) is 5. The number of aromatic nitrogens is 4. The van der Waals surface area contributed by atoms with E-state index in [9.17, 15) is 14.4 Å². The second-order valence-electron chi connectivity index (χ2n) is 5.98. The molecule has 0 radical (unpaired) electrons. The third-order valence-corrected chi connectivity index (χ3v) is 4.22. The molecular formula is C18H17ClN6O3. The fourth-order valence-electron chi connectivity index (χ4n) is 2.62. The minimum atomic E-state index is -0.527. The summed E-state index contributed by atoms with van der Waals surface area (Å²) in [5, 5.41) is 4.14. The fourth-order valence-corrected chi connectivity index (χ4v) is 2.79. The molecule has 0 saturated heterocycles. The lowest BCUT2D eigenvalue weighted by atomic mass is 10.2. The Morgan fingerprint density at radius 1 is 1.21 bits per heavy atom. The highest BCUT2D eigenvalue weighted by molar-refractivity contribution is 6.41. The van der Waals surface area contributed by atoms with Gasteiger partial charge in [0.15, 0.2) is 11.2 Å². The van der Waals surface area contributed by atoms with Crippen LogP contribution in [0.4, 0.5) is 0 Å². The molecule has 2 aromatic heterocycles. The van der Waals surface area contributed by atoms with E-state index in [-0.39, 0.29) is 17.7 Å². The normalized spacial score (nSPS) is 12.0. The molecule has 9 nitrogen and oxygen atoms in total. The van der Waals surface area contributed by atoms with Gasteiger partial charge in [-0.05, 0) is 11.6 Å². The zero-order chi connectivity index (χ0) is 20.3. The highest BCUT2D eigenvalue weighted by Gasteiger charge is 2.15. The van der Waals surface area contributed by atoms with Crippen LogP contribution in [0.15, 0.2) is 56.4 Å². The third-order valence-electron chi connectivity index (χ3n) is 4.01. The summed E-state index contributed by atoms with van der Waals surface area (Å²) in [5.74, 6) is -0.476. The molecule has 28 heavy (non-hydrogen) atoms. The number of allylic oxidation sites excluding steroid dienone is 1. The van der Waals surface area contributed by atoms with Crippen LogP contribution in [0.2, 0.25) is 0 Å². The summed E-state index contributed by atoms with van der Waals surface area (Å²) >= 11 is 6.06. The Balaban J connectivity index is 1.73. The van der Waals surface area contributed by atoms with Crippen molar-refractivity contribution >= 4 is 41.0 Å². The van der Waals surface area contributed by atoms with Gasteiger partial charge in [0.1, 0.15) is 6.54 Å². The number of nitrogens with zero attached hydrogens (tertiary/aromatic N) is 5. The van der Waals surface area contributed by atoms with Crippen molar-refractivity contribution in [3.8, 4) is 0 Å². The molecule has 144 valence electrons. The van der Waals surface area contributed by atoms with E-state index in [2.05, 4.69) is 15.5 Å². The van der Waals surface area contributed by atoms with E-state index >= 15 is 0 Å². The lowest BCUT2D eigenvalue weighted by Gasteiger charge is -2.05. The molecule has 0 saturated carbocycles. The fraction of sp³-hybridized carbons (Fsp3) is 0.167. The van der Waals surface area contributed by atoms with Gasteiger partial charge in [0, 0.05) is 14.1 Å². The van der Waals surface area contributed by atoms with Crippen molar-refractivity contribution in [1.82, 2.24) is 24.1 Å². The number of fused-ring (bicyclic) bond motifs is 1. The number of halogens is 1. The van der Waals surface area contributed by atoms with E-state index in [1.165, 1.54) is 35.8 Å². The first-order valence-electron chi connectivity index (χ1n) is 8.23. The van der Waals surface area contributed by atoms with Crippen LogP contribution in [0.5, 0.6) is 0 Å². The highest BCUT2D eigenvalue weighted by Crippen LogP contribution is 2.08. The zero-order valence-corrected chi connectivity index (χ0v) is 15.9. The molecule has 1 aromatic carbocycles. The van der Waals surface area contributed by atoms with Crippen LogP contribution in [-0.4, -0.2) is 30.8 Å². The van der Waals surface area contributed by atoms with Crippen molar-refractivity contribution in [2.24, 2.45) is 19.2 Å². The largest absolute Gasteiger partial charge is 0.332 e. The van der Waals surface area contributed by atoms with Crippen molar-refractivity contribution in [3.63, 3.8) is 0 Å². The predicted octanol–water partition coefficient (Wildman–Crippen LogP) is 0.816. The molecule has 0 aliphatic carbocycles. The number of nitrogens with one attached hydrogen (secondary N) is 1. The van der Waals surface area contributed by atoms with Crippen molar-refractivity contribution in [2.75, 3.05) is 0 Å². The summed E-state index contributed by atoms with van der Waals surface area (Å²) in [6.45, 7) is -0.193. The highest BCUT2D eigenvalue weighted by atomic mass is 35.5. The average Bonchev–Trinajstić information content (AvgIpc) is 3.09. The van der Waals surface area contributed by atoms with Gasteiger partial charge in [-0.2, -0.15) is 5.10 Å². The number of carbonyl (C=O) groups excluding carboxylic acids is 1. The second kappa shape index (κ2) is 8.05. The van der Waals surface area contributed by atoms with E-state index in [0.717, 1.165) is 10.1 Å². The van der Waals surface area contributed by atoms with Crippen molar-refractivity contribution in [2.45, 2.75) is 6.54 Å². The Hall–Kier alpha value is -3.46. The first-order valence-corrected chi connectivity index (χ1v) is 8.61. The molecule has 3 aromatic rings. The van der Waals surface area contributed by atoms with Crippen LogP contribution in [0.25, 0.3) is 17.2 Å². The number of aryl methyl sites for hydroxylation is 1. The topological polar surface area (TPSA) is 103 Å². The van der Waals surface area contributed by atoms with Crippen molar-refractivity contribution < 1.29 is 4.79 Å². The number of rotatable bonds is 5. The molecule has 1 amide bonds. The first kappa shape index (κ1) is 19.3. The van der Waals surface area contributed by atoms with Crippen LogP contribution in [-0.2, 0) is 25.4 Å². The van der Waals surface area contributed by atoms with Gasteiger partial charge >= 0.3 is 5.69 Å². The monoisotopic (exact) mass is 400 g/mol. The van der Waals surface area contributed by atoms with E-state index in [1.807, 2.05) is 30.3 Å². The van der Waals surface area contributed by atoms with E-state index in [0.29, 0.717) is 5.03 Å². The Bertz CT molecular complexity index is 1200. The Labute approximate surface area is 164 Å². The molecule has 0 unspecified atom stereocenters. The smallest absolute Gasteiger partial charge is 0.315 e. The Morgan fingerprint density at radius 3 is 2.64 bits per heavy atom. The van der Waals surface area contributed by atoms with Gasteiger partial charge in [-0.15, -0.1) is 0 Å². The van der Waals surface area contributed by atoms with E-state index < -0.39 is 17.2 Å². The molecule has 0 atom stereocenters. The third kappa shape index (κ3) is 3.94. The average molecular weight is 401 g/mol. The maximum Gasteiger partial charge on any atom is 0.332 e. The van der Waals surface area contributed by atoms with Gasteiger partial charge in [0.2, 0.25) is 0 Å². The molecule has 0 bridgehead atoms. The zero-order valence-electron chi connectivity index (χ0n) is 15.2. The predicted molar refractivity (Wildman–Crippen MR) is 107 cm³/mol. The number of hydrogen-bond donors (Lipinski definition) is 1. The number of amides is 1. The number of benzene rings is 1. The molecule has 0 aliphatic rings. The molecule has 3 rings (SSSR count). The van der Waals surface area contributed by atoms with Crippen LogP contribution < -0.4 is 16.7 Å². The van der Waals surface area contributed by atoms with E-state index in [4.69, 9.17) is 11.6 Å². The van der Waals surface area contributed by atoms with Crippen LogP contribution >= 0.6 is 11.6 Å². The van der Waals surface area contributed by atoms with Crippen LogP contribution in [0, 0.1) is 0 Å². The van der Waals surface area contributed by atoms with Gasteiger partial charge in [0.05, 0.1) is 17.6 Å². The maximum atomic E-state index is 12.3. The van der Waals surface area contributed by atoms with Gasteiger partial charge in [-0.3, -0.25) is 18.7 Å². The minimum absolute atomic E-state index is 0.158. The maximum absolute atomic E-state index is 12.3. The Morgan fingerprint density at radius 2 is 1.93 bits per heavy atom. The van der Waals surface area contributed by atoms with Gasteiger partial charge in [0.25, 0.3) is 11.5 Å². The first-order chi connectivity index (χ1) is 13.4. The standard InChI is InChI=1S/C18H17ClN6O3/c1-23-16-15(17(27)24(2)18(23)28)25(11-20-16)10-14(26)22-21-9-13(19)8-12-6-4-3-5-7-12/h3-9,11H,10H2,1-2H3,(H,22,26). The van der Waals surface area contributed by atoms with Crippen LogP contribution in [0.3, 0.4) is 0 Å². The number of imidazole rings is 1. The SMILES string of the molecule is Cn1c(=O)c2c(ncn2CC(=O)NN=CC(Cl)=Cc2ccccc2)n(C)c1=O. The lowest BCUT2D eigenvalue weighted by Crippen LogP contribution is -2.38. The molecule has 0 aliphatic heterocycles. The van der Waals surface area contributed by atoms with Gasteiger partial charge in [-0.25, -0.2) is 15.2 Å². The quantitative estimate of drug-likeness (QED) is 0.505. The number of carbonyl (C=O) groups is 1. The summed E-state index contributed by atoms with van der Waals surface area (Å²) in [5.41, 5.74) is 2.59. The minimum Gasteiger partial charge on any atom is -0.315 e. The molecule has 10 heteroatoms. The van der Waals surface area contributed by atoms with Crippen molar-refractivity contribution in [3.05, 3.63) is 68.1 Å². The molecular weight excluding hydrogens is 384 g/mol. The number of hydrazone groups is 1. The molecule has 0 spiro atoms. The molecule has 0 fully saturated rings. The van der Waals surface area contributed by atoms with Crippen LogP contribution in [0.1, 0.15) is 5.56 Å². The second-order valence-corrected chi connectivity index (χ2v) is 6.42. The summed E-state index contributed by atoms with van der Waals surface area (Å²) in [4.78, 5) is 40.5. The molecule has 2 heterocycles. The lowest BCUT2D eigenvalue weighted by molar-refractivity contribution is -0.121. The molecule has 1 N–H and O–H groups in total. The van der Waals surface area contributed by atoms with E-state index in [1.54, 1.807) is 6.08 Å². The summed E-state index contributed by atoms with van der Waals surface area (Å²) in [7, 11) is 2.87. The summed E-state index contributed by atoms with van der Waals surface area (Å²) in [6.07, 6.45) is 4.34. The Kier molecular flexibility index (Phi) is 5.55.